The van der Waals surface area contributed by atoms with Crippen LogP contribution in [0.1, 0.15) is 54.4 Å². The number of alkyl halides is 6. The first-order valence-electron chi connectivity index (χ1n) is 19.4. The molecule has 2 aromatic heterocycles. The summed E-state index contributed by atoms with van der Waals surface area (Å²) in [6, 6.07) is 15.7. The Bertz CT molecular complexity index is 2640. The lowest BCUT2D eigenvalue weighted by atomic mass is 10.0. The van der Waals surface area contributed by atoms with Crippen molar-refractivity contribution in [1.82, 2.24) is 20.6 Å². The molecule has 4 amide bonds. The molecule has 4 heterocycles. The summed E-state index contributed by atoms with van der Waals surface area (Å²) in [4.78, 5) is 56.3. The first kappa shape index (κ1) is 42.3. The van der Waals surface area contributed by atoms with Crippen LogP contribution in [0, 0.1) is 0 Å². The van der Waals surface area contributed by atoms with Gasteiger partial charge in [0.05, 0.1) is 33.5 Å². The van der Waals surface area contributed by atoms with E-state index < -0.39 is 47.1 Å². The number of oxazole rings is 2. The van der Waals surface area contributed by atoms with Gasteiger partial charge in [-0.25, -0.2) is 19.2 Å². The monoisotopic (exact) mass is 854 g/mol. The van der Waals surface area contributed by atoms with Gasteiger partial charge >= 0.3 is 35.9 Å². The normalized spacial score (nSPS) is 14.5. The fraction of sp³-hybridized carbons (Fsp3) is 0.317. The molecular weight excluding hydrogens is 814 g/mol. The van der Waals surface area contributed by atoms with Gasteiger partial charge in [0.2, 0.25) is 0 Å². The third-order valence-corrected chi connectivity index (χ3v) is 10.2. The van der Waals surface area contributed by atoms with E-state index in [1.807, 2.05) is 9.80 Å². The molecule has 2 saturated heterocycles. The summed E-state index contributed by atoms with van der Waals surface area (Å²) in [5.41, 5.74) is 2.62. The number of carbonyl (C=O) groups is 2. The second-order valence-corrected chi connectivity index (χ2v) is 14.4. The lowest BCUT2D eigenvalue weighted by molar-refractivity contribution is -0.138. The smallest absolute Gasteiger partial charge is 0.406 e. The van der Waals surface area contributed by atoms with Crippen molar-refractivity contribution >= 4 is 57.0 Å². The highest BCUT2D eigenvalue weighted by molar-refractivity contribution is 5.98. The van der Waals surface area contributed by atoms with Gasteiger partial charge in [0.15, 0.2) is 11.2 Å². The van der Waals surface area contributed by atoms with Gasteiger partial charge in [-0.1, -0.05) is 24.3 Å². The van der Waals surface area contributed by atoms with Gasteiger partial charge in [-0.05, 0) is 91.8 Å². The number of aromatic nitrogens is 2. The van der Waals surface area contributed by atoms with Gasteiger partial charge < -0.3 is 39.9 Å². The molecule has 2 aliphatic rings. The number of H-pyrrole nitrogens is 2. The molecule has 2 fully saturated rings. The minimum Gasteiger partial charge on any atom is -0.406 e. The van der Waals surface area contributed by atoms with E-state index >= 15 is 0 Å². The lowest BCUT2D eigenvalue weighted by Gasteiger charge is -2.31. The fourth-order valence-corrected chi connectivity index (χ4v) is 7.29. The Balaban J connectivity index is 0.000000184. The highest BCUT2D eigenvalue weighted by Crippen LogP contribution is 2.36. The number of nitrogens with zero attached hydrogens (tertiary/aromatic N) is 2. The zero-order valence-corrected chi connectivity index (χ0v) is 32.3. The maximum absolute atomic E-state index is 13.2. The fourth-order valence-electron chi connectivity index (χ4n) is 7.29. The summed E-state index contributed by atoms with van der Waals surface area (Å²) in [5, 5.41) is 10.5. The quantitative estimate of drug-likeness (QED) is 0.0825. The number of para-hydroxylation sites is 2. The minimum atomic E-state index is -4.44. The van der Waals surface area contributed by atoms with Gasteiger partial charge in [0.1, 0.15) is 0 Å². The maximum Gasteiger partial charge on any atom is 0.417 e. The Hall–Kier alpha value is -6.86. The van der Waals surface area contributed by atoms with Crippen molar-refractivity contribution in [1.29, 1.82) is 0 Å². The van der Waals surface area contributed by atoms with Crippen molar-refractivity contribution in [2.24, 2.45) is 0 Å². The van der Waals surface area contributed by atoms with E-state index in [4.69, 9.17) is 8.83 Å². The molecule has 20 heteroatoms. The predicted octanol–water partition coefficient (Wildman–Crippen LogP) is 8.51. The number of amides is 4. The lowest BCUT2D eigenvalue weighted by Crippen LogP contribution is -2.33. The van der Waals surface area contributed by atoms with Crippen LogP contribution in [0.25, 0.3) is 22.2 Å². The summed E-state index contributed by atoms with van der Waals surface area (Å²) in [6.45, 7) is 2.79. The van der Waals surface area contributed by atoms with Crippen molar-refractivity contribution < 1.29 is 44.8 Å². The molecule has 4 aromatic carbocycles. The Morgan fingerprint density at radius 2 is 0.967 bits per heavy atom. The Labute approximate surface area is 342 Å². The Kier molecular flexibility index (Phi) is 12.3. The number of rotatable bonds is 8. The molecule has 61 heavy (non-hydrogen) atoms. The van der Waals surface area contributed by atoms with E-state index in [-0.39, 0.29) is 24.3 Å². The van der Waals surface area contributed by atoms with Crippen LogP contribution in [0.3, 0.4) is 0 Å². The van der Waals surface area contributed by atoms with Gasteiger partial charge in [-0.2, -0.15) is 26.3 Å². The van der Waals surface area contributed by atoms with Crippen LogP contribution in [0.15, 0.2) is 91.2 Å². The number of anilines is 4. The standard InChI is InChI=1S/C21H21F3N4O3.C20H19F3N4O3/c22-21(23,24)14-8-7-13(17(11-14)28-9-2-1-3-10-28)12-25-19(29)26-15-5-4-6-16-18(15)31-20(30)27-16;21-20(22,23)13-7-6-12(16(10-13)27-8-1-2-9-27)11-24-18(28)25-14-4-3-5-15-17(14)30-19(29)26-15/h4-8,11H,1-3,9-10,12H2,(H,27,30)(H2,25,26,29);3-7,10H,1-2,8-9,11H2,(H,26,29)(H2,24,25,28). The number of aromatic amines is 2. The molecule has 322 valence electrons. The van der Waals surface area contributed by atoms with Crippen LogP contribution >= 0.6 is 0 Å². The first-order chi connectivity index (χ1) is 29.1. The molecule has 0 spiro atoms. The third kappa shape index (κ3) is 10.3. The van der Waals surface area contributed by atoms with Crippen LogP contribution in [-0.2, 0) is 25.4 Å². The molecule has 8 rings (SSSR count). The van der Waals surface area contributed by atoms with Gasteiger partial charge in [0.25, 0.3) is 0 Å². The number of nitrogens with one attached hydrogen (secondary N) is 6. The van der Waals surface area contributed by atoms with E-state index in [1.165, 1.54) is 12.1 Å². The van der Waals surface area contributed by atoms with Crippen LogP contribution in [0.2, 0.25) is 0 Å². The van der Waals surface area contributed by atoms with E-state index in [0.717, 1.165) is 56.4 Å². The Morgan fingerprint density at radius 3 is 1.36 bits per heavy atom. The van der Waals surface area contributed by atoms with Gasteiger partial charge in [-0.15, -0.1) is 0 Å². The van der Waals surface area contributed by atoms with E-state index in [0.29, 0.717) is 71.1 Å². The molecule has 6 aromatic rings. The molecule has 0 radical (unpaired) electrons. The average molecular weight is 855 g/mol. The zero-order chi connectivity index (χ0) is 43.3. The van der Waals surface area contributed by atoms with Gasteiger partial charge in [0, 0.05) is 50.6 Å². The highest BCUT2D eigenvalue weighted by Gasteiger charge is 2.33. The number of fused-ring (bicyclic) bond motifs is 2. The SMILES string of the molecule is O=C(NCc1ccc(C(F)(F)F)cc1N1CCCC1)Nc1cccc2[nH]c(=O)oc12.O=C(NCc1ccc(C(F)(F)F)cc1N1CCCCC1)Nc1cccc2[nH]c(=O)oc12. The number of benzene rings is 4. The van der Waals surface area contributed by atoms with Crippen LogP contribution in [0.5, 0.6) is 0 Å². The minimum absolute atomic E-state index is 0.0445. The van der Waals surface area contributed by atoms with E-state index in [1.54, 1.807) is 36.4 Å². The number of hydrogen-bond acceptors (Lipinski definition) is 8. The van der Waals surface area contributed by atoms with Crippen molar-refractivity contribution in [2.45, 2.75) is 57.5 Å². The number of piperidine rings is 1. The van der Waals surface area contributed by atoms with E-state index in [2.05, 4.69) is 31.2 Å². The molecule has 0 saturated carbocycles. The van der Waals surface area contributed by atoms with Crippen LogP contribution in [0.4, 0.5) is 58.7 Å². The molecule has 2 aliphatic heterocycles. The zero-order valence-electron chi connectivity index (χ0n) is 32.3. The van der Waals surface area contributed by atoms with Crippen molar-refractivity contribution in [3.05, 3.63) is 116 Å². The topological polar surface area (TPSA) is 181 Å². The second kappa shape index (κ2) is 17.8. The molecule has 0 bridgehead atoms. The average Bonchev–Trinajstić information content (AvgIpc) is 3.99. The maximum atomic E-state index is 13.2. The first-order valence-corrected chi connectivity index (χ1v) is 19.4. The summed E-state index contributed by atoms with van der Waals surface area (Å²) in [5.74, 6) is -1.28. The summed E-state index contributed by atoms with van der Waals surface area (Å²) >= 11 is 0. The number of hydrogen-bond donors (Lipinski definition) is 6. The van der Waals surface area contributed by atoms with Crippen molar-refractivity contribution in [3.63, 3.8) is 0 Å². The third-order valence-electron chi connectivity index (χ3n) is 10.2. The number of urea groups is 2. The number of halogens is 6. The predicted molar refractivity (Wildman–Crippen MR) is 216 cm³/mol. The number of carbonyl (C=O) groups excluding carboxylic acids is 2. The van der Waals surface area contributed by atoms with Gasteiger partial charge in [-0.3, -0.25) is 9.97 Å². The molecule has 14 nitrogen and oxygen atoms in total. The van der Waals surface area contributed by atoms with Crippen molar-refractivity contribution in [3.8, 4) is 0 Å². The second-order valence-electron chi connectivity index (χ2n) is 14.4. The summed E-state index contributed by atoms with van der Waals surface area (Å²) in [7, 11) is 0. The highest BCUT2D eigenvalue weighted by atomic mass is 19.4. The molecule has 0 aliphatic carbocycles. The van der Waals surface area contributed by atoms with Crippen molar-refractivity contribution in [2.75, 3.05) is 46.6 Å². The van der Waals surface area contributed by atoms with E-state index in [9.17, 15) is 45.5 Å². The Morgan fingerprint density at radius 1 is 0.574 bits per heavy atom. The largest absolute Gasteiger partial charge is 0.417 e. The summed E-state index contributed by atoms with van der Waals surface area (Å²) in [6.07, 6.45) is -4.17. The molecule has 0 unspecified atom stereocenters. The van der Waals surface area contributed by atoms with Crippen LogP contribution < -0.4 is 42.6 Å². The van der Waals surface area contributed by atoms with Crippen LogP contribution in [-0.4, -0.2) is 48.2 Å². The summed E-state index contributed by atoms with van der Waals surface area (Å²) < 4.78 is 89.1. The molecular formula is C41H40F6N8O6. The molecule has 0 atom stereocenters. The molecule has 6 N–H and O–H groups in total.